The summed E-state index contributed by atoms with van der Waals surface area (Å²) < 4.78 is 31.3. The molecule has 1 N–H and O–H groups in total. The molecule has 0 saturated carbocycles. The molecule has 156 valence electrons. The number of benzene rings is 3. The Bertz CT molecular complexity index is 1140. The molecule has 0 aliphatic heterocycles. The third-order valence-corrected chi connectivity index (χ3v) is 5.70. The van der Waals surface area contributed by atoms with Crippen LogP contribution in [-0.4, -0.2) is 27.1 Å². The first-order chi connectivity index (χ1) is 14.2. The van der Waals surface area contributed by atoms with E-state index in [1.807, 2.05) is 30.3 Å². The average Bonchev–Trinajstić information content (AvgIpc) is 2.70. The number of nitrogens with zero attached hydrogens (tertiary/aromatic N) is 1. The molecule has 3 rings (SSSR count). The normalized spacial score (nSPS) is 11.0. The Balaban J connectivity index is 1.76. The van der Waals surface area contributed by atoms with Gasteiger partial charge in [-0.1, -0.05) is 41.4 Å². The van der Waals surface area contributed by atoms with Gasteiger partial charge in [0.05, 0.1) is 22.7 Å². The van der Waals surface area contributed by atoms with E-state index < -0.39 is 22.5 Å². The van der Waals surface area contributed by atoms with Crippen molar-refractivity contribution in [2.75, 3.05) is 22.4 Å². The number of amides is 1. The summed E-state index contributed by atoms with van der Waals surface area (Å²) in [6, 6.07) is 20.2. The van der Waals surface area contributed by atoms with Crippen LogP contribution in [0.25, 0.3) is 0 Å². The predicted molar refractivity (Wildman–Crippen MR) is 120 cm³/mol. The maximum absolute atomic E-state index is 12.5. The highest BCUT2D eigenvalue weighted by atomic mass is 35.5. The van der Waals surface area contributed by atoms with Crippen LogP contribution in [0.2, 0.25) is 10.0 Å². The lowest BCUT2D eigenvalue weighted by molar-refractivity contribution is -0.114. The Labute approximate surface area is 185 Å². The molecule has 3 aromatic carbocycles. The monoisotopic (exact) mass is 464 g/mol. The van der Waals surface area contributed by atoms with Gasteiger partial charge < -0.3 is 10.1 Å². The number of sulfonamides is 1. The van der Waals surface area contributed by atoms with Gasteiger partial charge in [-0.3, -0.25) is 9.10 Å². The number of para-hydroxylation sites is 1. The molecule has 0 unspecified atom stereocenters. The summed E-state index contributed by atoms with van der Waals surface area (Å²) >= 11 is 12.0. The van der Waals surface area contributed by atoms with E-state index in [1.165, 1.54) is 6.07 Å². The summed E-state index contributed by atoms with van der Waals surface area (Å²) in [7, 11) is -3.72. The number of hydrogen-bond acceptors (Lipinski definition) is 4. The number of nitrogens with one attached hydrogen (secondary N) is 1. The van der Waals surface area contributed by atoms with E-state index in [0.29, 0.717) is 32.9 Å². The van der Waals surface area contributed by atoms with Gasteiger partial charge in [0.15, 0.2) is 0 Å². The lowest BCUT2D eigenvalue weighted by Crippen LogP contribution is -2.37. The summed E-state index contributed by atoms with van der Waals surface area (Å²) in [5.74, 6) is 0.630. The van der Waals surface area contributed by atoms with Crippen LogP contribution in [-0.2, 0) is 14.8 Å². The molecule has 0 aliphatic rings. The number of carbonyl (C=O) groups is 1. The van der Waals surface area contributed by atoms with Crippen molar-refractivity contribution in [2.24, 2.45) is 0 Å². The smallest absolute Gasteiger partial charge is 0.245 e. The van der Waals surface area contributed by atoms with Gasteiger partial charge in [0, 0.05) is 5.02 Å². The zero-order chi connectivity index (χ0) is 21.7. The molecule has 0 radical (unpaired) electrons. The summed E-state index contributed by atoms with van der Waals surface area (Å²) in [6.07, 6.45) is 1.03. The van der Waals surface area contributed by atoms with Gasteiger partial charge in [-0.2, -0.15) is 0 Å². The molecule has 30 heavy (non-hydrogen) atoms. The van der Waals surface area contributed by atoms with Crippen LogP contribution in [0.5, 0.6) is 11.5 Å². The molecule has 0 fully saturated rings. The Morgan fingerprint density at radius 2 is 1.60 bits per heavy atom. The molecule has 0 aromatic heterocycles. The average molecular weight is 465 g/mol. The highest BCUT2D eigenvalue weighted by molar-refractivity contribution is 7.92. The standard InChI is InChI=1S/C21H18Cl2N2O4S/c1-30(27,28)25(14-21(26)24-20-13-15(22)7-12-19(20)23)16-8-10-18(11-9-16)29-17-5-3-2-4-6-17/h2-13H,14H2,1H3,(H,24,26). The molecule has 1 amide bonds. The largest absolute Gasteiger partial charge is 0.457 e. The van der Waals surface area contributed by atoms with Crippen LogP contribution in [0.3, 0.4) is 0 Å². The van der Waals surface area contributed by atoms with Gasteiger partial charge >= 0.3 is 0 Å². The lowest BCUT2D eigenvalue weighted by atomic mass is 10.3. The highest BCUT2D eigenvalue weighted by Crippen LogP contribution is 2.27. The van der Waals surface area contributed by atoms with Crippen molar-refractivity contribution in [1.29, 1.82) is 0 Å². The van der Waals surface area contributed by atoms with E-state index in [1.54, 1.807) is 36.4 Å². The molecule has 0 aliphatic carbocycles. The second-order valence-electron chi connectivity index (χ2n) is 6.35. The van der Waals surface area contributed by atoms with Crippen LogP contribution in [0.1, 0.15) is 0 Å². The fraction of sp³-hybridized carbons (Fsp3) is 0.0952. The Hall–Kier alpha value is -2.74. The second kappa shape index (κ2) is 9.38. The highest BCUT2D eigenvalue weighted by Gasteiger charge is 2.21. The number of anilines is 2. The molecule has 0 spiro atoms. The number of carbonyl (C=O) groups excluding carboxylic acids is 1. The molecular weight excluding hydrogens is 447 g/mol. The third-order valence-electron chi connectivity index (χ3n) is 3.99. The van der Waals surface area contributed by atoms with Crippen LogP contribution < -0.4 is 14.4 Å². The first-order valence-electron chi connectivity index (χ1n) is 8.78. The summed E-state index contributed by atoms with van der Waals surface area (Å²) in [6.45, 7) is -0.430. The van der Waals surface area contributed by atoms with E-state index in [2.05, 4.69) is 5.32 Å². The van der Waals surface area contributed by atoms with Crippen molar-refractivity contribution >= 4 is 50.5 Å². The quantitative estimate of drug-likeness (QED) is 0.521. The van der Waals surface area contributed by atoms with Gasteiger partial charge in [0.2, 0.25) is 15.9 Å². The van der Waals surface area contributed by atoms with E-state index >= 15 is 0 Å². The van der Waals surface area contributed by atoms with Gasteiger partial charge in [-0.05, 0) is 54.6 Å². The van der Waals surface area contributed by atoms with Crippen molar-refractivity contribution < 1.29 is 17.9 Å². The Morgan fingerprint density at radius 1 is 0.967 bits per heavy atom. The van der Waals surface area contributed by atoms with Gasteiger partial charge in [-0.15, -0.1) is 0 Å². The molecule has 0 bridgehead atoms. The fourth-order valence-corrected chi connectivity index (χ4v) is 3.81. The van der Waals surface area contributed by atoms with Gasteiger partial charge in [0.25, 0.3) is 0 Å². The van der Waals surface area contributed by atoms with E-state index in [0.717, 1.165) is 10.6 Å². The number of halogens is 2. The number of rotatable bonds is 7. The van der Waals surface area contributed by atoms with Crippen molar-refractivity contribution in [3.63, 3.8) is 0 Å². The van der Waals surface area contributed by atoms with Crippen LogP contribution in [0.4, 0.5) is 11.4 Å². The molecule has 0 saturated heterocycles. The van der Waals surface area contributed by atoms with Crippen LogP contribution in [0, 0.1) is 0 Å². The topological polar surface area (TPSA) is 75.7 Å². The number of hydrogen-bond donors (Lipinski definition) is 1. The minimum atomic E-state index is -3.72. The molecule has 3 aromatic rings. The van der Waals surface area contributed by atoms with Crippen LogP contribution in [0.15, 0.2) is 72.8 Å². The zero-order valence-electron chi connectivity index (χ0n) is 15.9. The van der Waals surface area contributed by atoms with Crippen molar-refractivity contribution in [3.8, 4) is 11.5 Å². The van der Waals surface area contributed by atoms with Crippen molar-refractivity contribution in [1.82, 2.24) is 0 Å². The van der Waals surface area contributed by atoms with E-state index in [9.17, 15) is 13.2 Å². The minimum Gasteiger partial charge on any atom is -0.457 e. The molecule has 0 atom stereocenters. The van der Waals surface area contributed by atoms with E-state index in [-0.39, 0.29) is 0 Å². The van der Waals surface area contributed by atoms with Gasteiger partial charge in [-0.25, -0.2) is 8.42 Å². The van der Waals surface area contributed by atoms with Crippen molar-refractivity contribution in [2.45, 2.75) is 0 Å². The van der Waals surface area contributed by atoms with Gasteiger partial charge in [0.1, 0.15) is 18.0 Å². The van der Waals surface area contributed by atoms with Crippen molar-refractivity contribution in [3.05, 3.63) is 82.8 Å². The summed E-state index contributed by atoms with van der Waals surface area (Å²) in [5.41, 5.74) is 0.625. The molecule has 6 nitrogen and oxygen atoms in total. The summed E-state index contributed by atoms with van der Waals surface area (Å²) in [4.78, 5) is 12.5. The lowest BCUT2D eigenvalue weighted by Gasteiger charge is -2.22. The zero-order valence-corrected chi connectivity index (χ0v) is 18.2. The maximum Gasteiger partial charge on any atom is 0.245 e. The molecule has 0 heterocycles. The molecular formula is C21H18Cl2N2O4S. The first kappa shape index (κ1) is 22.0. The Morgan fingerprint density at radius 3 is 2.23 bits per heavy atom. The van der Waals surface area contributed by atoms with E-state index in [4.69, 9.17) is 27.9 Å². The second-order valence-corrected chi connectivity index (χ2v) is 9.10. The maximum atomic E-state index is 12.5. The minimum absolute atomic E-state index is 0.293. The number of ether oxygens (including phenoxy) is 1. The predicted octanol–water partition coefficient (Wildman–Crippen LogP) is 5.19. The Kier molecular flexibility index (Phi) is 6.87. The summed E-state index contributed by atoms with van der Waals surface area (Å²) in [5, 5.41) is 3.27. The van der Waals surface area contributed by atoms with Crippen LogP contribution >= 0.6 is 23.2 Å². The fourth-order valence-electron chi connectivity index (χ4n) is 2.62. The molecule has 9 heteroatoms. The SMILES string of the molecule is CS(=O)(=O)N(CC(=O)Nc1cc(Cl)ccc1Cl)c1ccc(Oc2ccccc2)cc1. The first-order valence-corrected chi connectivity index (χ1v) is 11.4. The third kappa shape index (κ3) is 5.89.